The molecule has 7 heteroatoms. The third kappa shape index (κ3) is 22.0. The van der Waals surface area contributed by atoms with Gasteiger partial charge in [-0.3, -0.25) is 4.79 Å². The third-order valence-corrected chi connectivity index (χ3v) is 5.22. The predicted molar refractivity (Wildman–Crippen MR) is 121 cm³/mol. The maximum absolute atomic E-state index is 12.0. The summed E-state index contributed by atoms with van der Waals surface area (Å²) in [6.45, 7) is 5.50. The summed E-state index contributed by atoms with van der Waals surface area (Å²) in [4.78, 5) is 38.5. The molecule has 0 fully saturated rings. The molecule has 0 aliphatic carbocycles. The van der Waals surface area contributed by atoms with E-state index in [1.807, 2.05) is 0 Å². The van der Waals surface area contributed by atoms with Crippen molar-refractivity contribution in [2.24, 2.45) is 0 Å². The van der Waals surface area contributed by atoms with E-state index >= 15 is 0 Å². The molecule has 0 bridgehead atoms. The van der Waals surface area contributed by atoms with Crippen LogP contribution in [0.15, 0.2) is 12.2 Å². The average Bonchev–Trinajstić information content (AvgIpc) is 2.62. The quantitative estimate of drug-likeness (QED) is 0.121. The first-order valence-corrected chi connectivity index (χ1v) is 12.9. The zero-order chi connectivity index (χ0) is 22.0. The average molecular weight is 435 g/mol. The SMILES string of the molecule is CCCCCCCC/C=C\CCCCCCCC(=O)NC(C)(C)CO[P+](O)(O)O. The molecule has 0 aliphatic rings. The van der Waals surface area contributed by atoms with Crippen LogP contribution in [0.2, 0.25) is 0 Å². The normalized spacial score (nSPS) is 12.6. The van der Waals surface area contributed by atoms with Gasteiger partial charge in [0, 0.05) is 6.42 Å². The number of carbonyl (C=O) groups is 1. The van der Waals surface area contributed by atoms with Gasteiger partial charge in [0.05, 0.1) is 5.54 Å². The minimum atomic E-state index is -4.27. The van der Waals surface area contributed by atoms with Crippen LogP contribution in [-0.4, -0.2) is 32.7 Å². The lowest BCUT2D eigenvalue weighted by Gasteiger charge is -2.24. The van der Waals surface area contributed by atoms with Crippen LogP contribution < -0.4 is 5.32 Å². The molecule has 0 aromatic rings. The molecule has 0 saturated heterocycles. The Labute approximate surface area is 178 Å². The van der Waals surface area contributed by atoms with Gasteiger partial charge in [0.25, 0.3) is 0 Å². The number of unbranched alkanes of at least 4 members (excludes halogenated alkanes) is 11. The maximum Gasteiger partial charge on any atom is 0.567 e. The van der Waals surface area contributed by atoms with Gasteiger partial charge in [-0.2, -0.15) is 19.2 Å². The second-order valence-corrected chi connectivity index (χ2v) is 9.84. The molecule has 0 aliphatic heterocycles. The van der Waals surface area contributed by atoms with Crippen molar-refractivity contribution in [1.82, 2.24) is 5.32 Å². The molecule has 172 valence electrons. The minimum absolute atomic E-state index is 0.0889. The highest BCUT2D eigenvalue weighted by molar-refractivity contribution is 7.53. The van der Waals surface area contributed by atoms with Gasteiger partial charge in [-0.05, 0) is 46.0 Å². The molecule has 0 aromatic heterocycles. The van der Waals surface area contributed by atoms with E-state index in [1.54, 1.807) is 13.8 Å². The lowest BCUT2D eigenvalue weighted by atomic mass is 10.1. The fourth-order valence-electron chi connectivity index (χ4n) is 3.08. The van der Waals surface area contributed by atoms with Gasteiger partial charge in [0.2, 0.25) is 5.91 Å². The summed E-state index contributed by atoms with van der Waals surface area (Å²) < 4.78 is 4.58. The third-order valence-electron chi connectivity index (χ3n) is 4.74. The monoisotopic (exact) mass is 434 g/mol. The summed E-state index contributed by atoms with van der Waals surface area (Å²) in [6, 6.07) is 0. The fraction of sp³-hybridized carbons (Fsp3) is 0.864. The largest absolute Gasteiger partial charge is 0.567 e. The Morgan fingerprint density at radius 1 is 0.862 bits per heavy atom. The van der Waals surface area contributed by atoms with E-state index in [0.717, 1.165) is 25.7 Å². The molecule has 0 unspecified atom stereocenters. The molecule has 0 spiro atoms. The van der Waals surface area contributed by atoms with E-state index in [-0.39, 0.29) is 12.5 Å². The van der Waals surface area contributed by atoms with Crippen LogP contribution >= 0.6 is 8.17 Å². The number of nitrogens with one attached hydrogen (secondary N) is 1. The Hall–Kier alpha value is -0.520. The van der Waals surface area contributed by atoms with Crippen LogP contribution in [0.4, 0.5) is 0 Å². The van der Waals surface area contributed by atoms with Gasteiger partial charge in [0.1, 0.15) is 6.61 Å². The van der Waals surface area contributed by atoms with Crippen LogP contribution in [0.3, 0.4) is 0 Å². The van der Waals surface area contributed by atoms with E-state index in [2.05, 4.69) is 28.9 Å². The van der Waals surface area contributed by atoms with Gasteiger partial charge < -0.3 is 5.32 Å². The van der Waals surface area contributed by atoms with E-state index in [1.165, 1.54) is 57.8 Å². The van der Waals surface area contributed by atoms with Gasteiger partial charge in [0.15, 0.2) is 0 Å². The van der Waals surface area contributed by atoms with Gasteiger partial charge in [-0.15, -0.1) is 0 Å². The Bertz CT molecular complexity index is 435. The summed E-state index contributed by atoms with van der Waals surface area (Å²) in [5.41, 5.74) is -0.766. The van der Waals surface area contributed by atoms with Crippen molar-refractivity contribution >= 4 is 14.1 Å². The lowest BCUT2D eigenvalue weighted by molar-refractivity contribution is -0.123. The van der Waals surface area contributed by atoms with Crippen molar-refractivity contribution in [3.05, 3.63) is 12.2 Å². The van der Waals surface area contributed by atoms with Gasteiger partial charge >= 0.3 is 8.17 Å². The molecule has 0 heterocycles. The van der Waals surface area contributed by atoms with Crippen LogP contribution in [0, 0.1) is 0 Å². The van der Waals surface area contributed by atoms with Gasteiger partial charge in [-0.1, -0.05) is 70.4 Å². The molecule has 0 aromatic carbocycles. The number of hydrogen-bond donors (Lipinski definition) is 4. The molecule has 4 N–H and O–H groups in total. The standard InChI is InChI=1S/C22H44NO5P/c1-4-5-6-7-8-9-10-11-12-13-14-15-16-17-18-19-21(24)23-22(2,3)20-28-29(25,26)27/h11-12,25-27H,4-10,13-20H2,1-3H3/p+1/b12-11-. The number of carbonyl (C=O) groups excluding carboxylic acids is 1. The molecule has 1 amide bonds. The minimum Gasteiger partial charge on any atom is -0.349 e. The molecule has 29 heavy (non-hydrogen) atoms. The first-order valence-electron chi connectivity index (χ1n) is 11.3. The van der Waals surface area contributed by atoms with E-state index in [0.29, 0.717) is 6.42 Å². The number of hydrogen-bond acceptors (Lipinski definition) is 5. The first kappa shape index (κ1) is 28.5. The van der Waals surface area contributed by atoms with E-state index in [4.69, 9.17) is 14.7 Å². The second-order valence-electron chi connectivity index (χ2n) is 8.55. The van der Waals surface area contributed by atoms with Crippen LogP contribution in [0.5, 0.6) is 0 Å². The van der Waals surface area contributed by atoms with Crippen LogP contribution in [0.25, 0.3) is 0 Å². The second kappa shape index (κ2) is 17.2. The number of amides is 1. The summed E-state index contributed by atoms with van der Waals surface area (Å²) in [5.74, 6) is -0.0889. The molecule has 0 saturated carbocycles. The Morgan fingerprint density at radius 2 is 1.34 bits per heavy atom. The van der Waals surface area contributed by atoms with Crippen molar-refractivity contribution in [3.8, 4) is 0 Å². The number of rotatable bonds is 19. The Kier molecular flexibility index (Phi) is 16.9. The molecule has 0 rings (SSSR count). The highest BCUT2D eigenvalue weighted by Gasteiger charge is 2.36. The van der Waals surface area contributed by atoms with Crippen molar-refractivity contribution < 1.29 is 24.0 Å². The lowest BCUT2D eigenvalue weighted by Crippen LogP contribution is -2.46. The highest BCUT2D eigenvalue weighted by atomic mass is 31.2. The molecular formula is C22H45NO5P+. The molecule has 6 nitrogen and oxygen atoms in total. The maximum atomic E-state index is 12.0. The first-order chi connectivity index (χ1) is 13.7. The molecule has 0 radical (unpaired) electrons. The predicted octanol–water partition coefficient (Wildman–Crippen LogP) is 5.59. The summed E-state index contributed by atoms with van der Waals surface area (Å²) in [7, 11) is -4.27. The summed E-state index contributed by atoms with van der Waals surface area (Å²) >= 11 is 0. The Morgan fingerprint density at radius 3 is 1.86 bits per heavy atom. The fourth-order valence-corrected chi connectivity index (χ4v) is 3.58. The van der Waals surface area contributed by atoms with Crippen LogP contribution in [-0.2, 0) is 9.32 Å². The van der Waals surface area contributed by atoms with E-state index in [9.17, 15) is 4.79 Å². The number of allylic oxidation sites excluding steroid dienone is 2. The van der Waals surface area contributed by atoms with Crippen LogP contribution in [0.1, 0.15) is 111 Å². The Balaban J connectivity index is 3.51. The van der Waals surface area contributed by atoms with Crippen molar-refractivity contribution in [2.45, 2.75) is 116 Å². The summed E-state index contributed by atoms with van der Waals surface area (Å²) in [6.07, 6.45) is 21.0. The highest BCUT2D eigenvalue weighted by Crippen LogP contribution is 2.46. The zero-order valence-corrected chi connectivity index (χ0v) is 19.8. The molecule has 0 atom stereocenters. The molecular weight excluding hydrogens is 389 g/mol. The topological polar surface area (TPSA) is 99.0 Å². The van der Waals surface area contributed by atoms with E-state index < -0.39 is 13.7 Å². The summed E-state index contributed by atoms with van der Waals surface area (Å²) in [5, 5.41) is 2.79. The smallest absolute Gasteiger partial charge is 0.349 e. The van der Waals surface area contributed by atoms with Gasteiger partial charge in [-0.25, -0.2) is 0 Å². The zero-order valence-electron chi connectivity index (χ0n) is 18.9. The van der Waals surface area contributed by atoms with Crippen molar-refractivity contribution in [3.63, 3.8) is 0 Å². The van der Waals surface area contributed by atoms with Crippen molar-refractivity contribution in [2.75, 3.05) is 6.61 Å². The van der Waals surface area contributed by atoms with Crippen molar-refractivity contribution in [1.29, 1.82) is 0 Å².